The summed E-state index contributed by atoms with van der Waals surface area (Å²) in [5.74, 6) is 0. The van der Waals surface area contributed by atoms with E-state index in [0.717, 1.165) is 0 Å². The zero-order valence-electron chi connectivity index (χ0n) is 10.2. The Morgan fingerprint density at radius 3 is 2.25 bits per heavy atom. The average molecular weight is 282 g/mol. The summed E-state index contributed by atoms with van der Waals surface area (Å²) in [6.07, 6.45) is 2.56. The Hall–Kier alpha value is -0.340. The Bertz CT molecular complexity index is 336. The van der Waals surface area contributed by atoms with Crippen LogP contribution in [0.4, 0.5) is 0 Å². The van der Waals surface area contributed by atoms with E-state index in [-0.39, 0.29) is 0 Å². The molecule has 0 radical (unpaired) electrons. The van der Waals surface area contributed by atoms with Crippen molar-refractivity contribution in [1.29, 1.82) is 0 Å². The second-order valence-corrected chi connectivity index (χ2v) is 5.92. The van der Waals surface area contributed by atoms with Gasteiger partial charge in [-0.2, -0.15) is 0 Å². The molecule has 16 heavy (non-hydrogen) atoms. The summed E-state index contributed by atoms with van der Waals surface area (Å²) in [5, 5.41) is 0. The molecule has 1 heterocycles. The van der Waals surface area contributed by atoms with Crippen molar-refractivity contribution in [2.45, 2.75) is 32.1 Å². The summed E-state index contributed by atoms with van der Waals surface area (Å²) >= 11 is 3.50. The van der Waals surface area contributed by atoms with Crippen molar-refractivity contribution in [2.24, 2.45) is 0 Å². The maximum atomic E-state index is 3.50. The Morgan fingerprint density at radius 2 is 1.75 bits per heavy atom. The van der Waals surface area contributed by atoms with E-state index in [2.05, 4.69) is 58.9 Å². The molecule has 0 spiro atoms. The molecule has 0 unspecified atom stereocenters. The van der Waals surface area contributed by atoms with Gasteiger partial charge >= 0.3 is 0 Å². The van der Waals surface area contributed by atoms with E-state index in [9.17, 15) is 0 Å². The monoisotopic (exact) mass is 281 g/mol. The molecule has 1 fully saturated rings. The quantitative estimate of drug-likeness (QED) is 0.797. The summed E-state index contributed by atoms with van der Waals surface area (Å²) in [6.45, 7) is 8.33. The first-order valence-electron chi connectivity index (χ1n) is 6.12. The second-order valence-electron chi connectivity index (χ2n) is 5.00. The predicted molar refractivity (Wildman–Crippen MR) is 72.8 cm³/mol. The van der Waals surface area contributed by atoms with E-state index in [1.807, 2.05) is 0 Å². The molecule has 1 aliphatic rings. The fourth-order valence-electron chi connectivity index (χ4n) is 2.50. The predicted octanol–water partition coefficient (Wildman–Crippen LogP) is 3.82. The largest absolute Gasteiger partial charge is 0.304 e. The number of benzene rings is 1. The van der Waals surface area contributed by atoms with Crippen LogP contribution in [0.1, 0.15) is 32.3 Å². The van der Waals surface area contributed by atoms with Crippen LogP contribution in [-0.2, 0) is 5.41 Å². The molecule has 1 aromatic carbocycles. The Morgan fingerprint density at radius 1 is 1.19 bits per heavy atom. The zero-order chi connectivity index (χ0) is 11.6. The third-order valence-corrected chi connectivity index (χ3v) is 4.48. The average Bonchev–Trinajstić information content (AvgIpc) is 2.31. The molecule has 88 valence electrons. The standard InChI is InChI=1S/C14H20BrN/c1-3-16-10-8-14(2,9-11-16)12-4-6-13(15)7-5-12/h4-7H,3,8-11H2,1-2H3. The summed E-state index contributed by atoms with van der Waals surface area (Å²) in [4.78, 5) is 2.54. The molecule has 2 rings (SSSR count). The highest BCUT2D eigenvalue weighted by Crippen LogP contribution is 2.35. The lowest BCUT2D eigenvalue weighted by Crippen LogP contribution is -2.40. The van der Waals surface area contributed by atoms with E-state index >= 15 is 0 Å². The summed E-state index contributed by atoms with van der Waals surface area (Å²) in [5.41, 5.74) is 1.87. The maximum Gasteiger partial charge on any atom is 0.0175 e. The lowest BCUT2D eigenvalue weighted by molar-refractivity contribution is 0.176. The van der Waals surface area contributed by atoms with Crippen molar-refractivity contribution in [3.05, 3.63) is 34.3 Å². The molecule has 1 aromatic rings. The van der Waals surface area contributed by atoms with Crippen molar-refractivity contribution in [1.82, 2.24) is 4.90 Å². The van der Waals surface area contributed by atoms with Crippen molar-refractivity contribution >= 4 is 15.9 Å². The van der Waals surface area contributed by atoms with Crippen LogP contribution in [0.15, 0.2) is 28.7 Å². The van der Waals surface area contributed by atoms with Gasteiger partial charge in [-0.3, -0.25) is 0 Å². The van der Waals surface area contributed by atoms with Gasteiger partial charge in [-0.25, -0.2) is 0 Å². The fraction of sp³-hybridized carbons (Fsp3) is 0.571. The van der Waals surface area contributed by atoms with E-state index in [0.29, 0.717) is 5.41 Å². The number of hydrogen-bond acceptors (Lipinski definition) is 1. The van der Waals surface area contributed by atoms with Crippen LogP contribution >= 0.6 is 15.9 Å². The summed E-state index contributed by atoms with van der Waals surface area (Å²) in [7, 11) is 0. The first-order valence-corrected chi connectivity index (χ1v) is 6.92. The smallest absolute Gasteiger partial charge is 0.0175 e. The number of halogens is 1. The van der Waals surface area contributed by atoms with Gasteiger partial charge in [-0.1, -0.05) is 41.9 Å². The highest BCUT2D eigenvalue weighted by atomic mass is 79.9. The van der Waals surface area contributed by atoms with Crippen LogP contribution in [0.2, 0.25) is 0 Å². The molecule has 0 bridgehead atoms. The minimum absolute atomic E-state index is 0.381. The van der Waals surface area contributed by atoms with Gasteiger partial charge in [0.15, 0.2) is 0 Å². The number of hydrogen-bond donors (Lipinski definition) is 0. The van der Waals surface area contributed by atoms with Crippen molar-refractivity contribution in [3.63, 3.8) is 0 Å². The molecule has 0 N–H and O–H groups in total. The van der Waals surface area contributed by atoms with Crippen molar-refractivity contribution in [3.8, 4) is 0 Å². The van der Waals surface area contributed by atoms with Crippen LogP contribution in [-0.4, -0.2) is 24.5 Å². The Balaban J connectivity index is 2.11. The van der Waals surface area contributed by atoms with Gasteiger partial charge in [-0.15, -0.1) is 0 Å². The van der Waals surface area contributed by atoms with E-state index in [1.54, 1.807) is 0 Å². The summed E-state index contributed by atoms with van der Waals surface area (Å²) in [6, 6.07) is 8.86. The van der Waals surface area contributed by atoms with Gasteiger partial charge in [-0.05, 0) is 55.6 Å². The molecular weight excluding hydrogens is 262 g/mol. The highest BCUT2D eigenvalue weighted by Gasteiger charge is 2.30. The van der Waals surface area contributed by atoms with E-state index < -0.39 is 0 Å². The molecular formula is C14H20BrN. The van der Waals surface area contributed by atoms with Crippen LogP contribution in [0, 0.1) is 0 Å². The molecule has 2 heteroatoms. The molecule has 0 aromatic heterocycles. The van der Waals surface area contributed by atoms with Gasteiger partial charge < -0.3 is 4.90 Å². The molecule has 1 aliphatic heterocycles. The fourth-order valence-corrected chi connectivity index (χ4v) is 2.77. The van der Waals surface area contributed by atoms with Gasteiger partial charge in [0.25, 0.3) is 0 Å². The minimum Gasteiger partial charge on any atom is -0.304 e. The Labute approximate surface area is 107 Å². The zero-order valence-corrected chi connectivity index (χ0v) is 11.8. The topological polar surface area (TPSA) is 3.24 Å². The number of rotatable bonds is 2. The van der Waals surface area contributed by atoms with Crippen molar-refractivity contribution in [2.75, 3.05) is 19.6 Å². The Kier molecular flexibility index (Phi) is 3.70. The summed E-state index contributed by atoms with van der Waals surface area (Å²) < 4.78 is 1.17. The minimum atomic E-state index is 0.381. The number of nitrogens with zero attached hydrogens (tertiary/aromatic N) is 1. The van der Waals surface area contributed by atoms with Gasteiger partial charge in [0.2, 0.25) is 0 Å². The first kappa shape index (κ1) is 12.1. The number of piperidine rings is 1. The first-order chi connectivity index (χ1) is 7.64. The molecule has 0 saturated carbocycles. The second kappa shape index (κ2) is 4.89. The van der Waals surface area contributed by atoms with Gasteiger partial charge in [0.05, 0.1) is 0 Å². The van der Waals surface area contributed by atoms with E-state index in [4.69, 9.17) is 0 Å². The van der Waals surface area contributed by atoms with Gasteiger partial charge in [0, 0.05) is 4.47 Å². The molecule has 1 saturated heterocycles. The van der Waals surface area contributed by atoms with Crippen LogP contribution < -0.4 is 0 Å². The van der Waals surface area contributed by atoms with Crippen molar-refractivity contribution < 1.29 is 0 Å². The third kappa shape index (κ3) is 2.49. The molecule has 0 aliphatic carbocycles. The van der Waals surface area contributed by atoms with Crippen LogP contribution in [0.3, 0.4) is 0 Å². The van der Waals surface area contributed by atoms with Crippen LogP contribution in [0.5, 0.6) is 0 Å². The number of likely N-dealkylation sites (tertiary alicyclic amines) is 1. The third-order valence-electron chi connectivity index (χ3n) is 3.95. The van der Waals surface area contributed by atoms with Gasteiger partial charge in [0.1, 0.15) is 0 Å². The SMILES string of the molecule is CCN1CCC(C)(c2ccc(Br)cc2)CC1. The lowest BCUT2D eigenvalue weighted by Gasteiger charge is -2.39. The molecule has 1 nitrogen and oxygen atoms in total. The lowest BCUT2D eigenvalue weighted by atomic mass is 9.74. The molecule has 0 amide bonds. The van der Waals surface area contributed by atoms with Crippen LogP contribution in [0.25, 0.3) is 0 Å². The normalized spacial score (nSPS) is 20.9. The van der Waals surface area contributed by atoms with E-state index in [1.165, 1.54) is 42.5 Å². The molecule has 0 atom stereocenters. The maximum absolute atomic E-state index is 3.50. The highest BCUT2D eigenvalue weighted by molar-refractivity contribution is 9.10.